The van der Waals surface area contributed by atoms with Gasteiger partial charge in [-0.25, -0.2) is 9.97 Å². The fourth-order valence-electron chi connectivity index (χ4n) is 6.99. The smallest absolute Gasteiger partial charge is 0.160 e. The van der Waals surface area contributed by atoms with Crippen molar-refractivity contribution in [1.29, 1.82) is 0 Å². The minimum absolute atomic E-state index is 0.0846. The van der Waals surface area contributed by atoms with Crippen LogP contribution in [-0.2, 0) is 5.41 Å². The molecule has 0 N–H and O–H groups in total. The lowest BCUT2D eigenvalue weighted by molar-refractivity contribution is 0.660. The largest absolute Gasteiger partial charge is 0.456 e. The number of aromatic nitrogens is 2. The molecule has 0 aliphatic heterocycles. The number of para-hydroxylation sites is 1. The molecule has 0 fully saturated rings. The summed E-state index contributed by atoms with van der Waals surface area (Å²) in [6.07, 6.45) is 0. The van der Waals surface area contributed by atoms with Gasteiger partial charge in [0.2, 0.25) is 0 Å². The van der Waals surface area contributed by atoms with Crippen molar-refractivity contribution in [2.75, 3.05) is 0 Å². The summed E-state index contributed by atoms with van der Waals surface area (Å²) in [5, 5.41) is 1.88. The average molecular weight is 680 g/mol. The molecule has 0 amide bonds. The fourth-order valence-corrected chi connectivity index (χ4v) is 6.99. The summed E-state index contributed by atoms with van der Waals surface area (Å²) in [7, 11) is 0. The van der Waals surface area contributed by atoms with Crippen LogP contribution in [0.5, 0.6) is 0 Å². The van der Waals surface area contributed by atoms with Crippen LogP contribution >= 0.6 is 0 Å². The first-order chi connectivity index (χ1) is 30.9. The van der Waals surface area contributed by atoms with Crippen LogP contribution in [0.4, 0.5) is 0 Å². The van der Waals surface area contributed by atoms with Crippen molar-refractivity contribution in [2.24, 2.45) is 0 Å². The SMILES string of the molecule is [2H]c1c([2H])c([2H])c2c(c1[2H])-c1c([2H])c([2H])c(-c3cc(-c4cc(-c5ccccc5)cc(-c5ccc6oc7ccccc7c6c5)c4)nc(-c4ccccc4)n3)c([2H])c1C2(C([2H])([2H])[2H])C([2H])([2H])[2H]. The molecule has 0 unspecified atom stereocenters. The molecule has 7 aromatic carbocycles. The van der Waals surface area contributed by atoms with Gasteiger partial charge in [0.25, 0.3) is 0 Å². The van der Waals surface area contributed by atoms with Crippen molar-refractivity contribution in [3.8, 4) is 67.3 Å². The van der Waals surface area contributed by atoms with E-state index in [0.29, 0.717) is 16.8 Å². The molecule has 2 aromatic heterocycles. The second-order valence-electron chi connectivity index (χ2n) is 12.8. The highest BCUT2D eigenvalue weighted by atomic mass is 16.3. The first kappa shape index (κ1) is 19.7. The molecule has 52 heavy (non-hydrogen) atoms. The van der Waals surface area contributed by atoms with Crippen LogP contribution < -0.4 is 0 Å². The minimum Gasteiger partial charge on any atom is -0.456 e. The van der Waals surface area contributed by atoms with E-state index in [4.69, 9.17) is 28.1 Å². The summed E-state index contributed by atoms with van der Waals surface area (Å²) in [6.45, 7) is -7.10. The Hall–Kier alpha value is -6.58. The summed E-state index contributed by atoms with van der Waals surface area (Å²) in [6, 6.07) is 34.5. The molecule has 3 heteroatoms. The summed E-state index contributed by atoms with van der Waals surface area (Å²) < 4.78 is 122. The van der Waals surface area contributed by atoms with Gasteiger partial charge in [0.1, 0.15) is 11.2 Å². The van der Waals surface area contributed by atoms with Gasteiger partial charge < -0.3 is 4.42 Å². The fraction of sp³-hybridized carbons (Fsp3) is 0.0612. The molecule has 0 radical (unpaired) electrons. The van der Waals surface area contributed by atoms with Crippen molar-refractivity contribution in [2.45, 2.75) is 19.1 Å². The van der Waals surface area contributed by atoms with E-state index in [-0.39, 0.29) is 17.1 Å². The maximum absolute atomic E-state index is 9.81. The van der Waals surface area contributed by atoms with Crippen LogP contribution in [0, 0.1) is 0 Å². The van der Waals surface area contributed by atoms with Gasteiger partial charge in [-0.05, 0) is 93.0 Å². The number of fused-ring (bicyclic) bond motifs is 6. The monoisotopic (exact) mass is 679 g/mol. The Bertz CT molecular complexity index is 3420. The van der Waals surface area contributed by atoms with E-state index in [1.807, 2.05) is 84.9 Å². The number of hydrogen-bond acceptors (Lipinski definition) is 3. The zero-order chi connectivity index (χ0) is 45.9. The number of furan rings is 1. The van der Waals surface area contributed by atoms with Gasteiger partial charge in [-0.2, -0.15) is 0 Å². The van der Waals surface area contributed by atoms with Gasteiger partial charge in [0, 0.05) is 41.1 Å². The van der Waals surface area contributed by atoms with E-state index >= 15 is 0 Å². The van der Waals surface area contributed by atoms with Gasteiger partial charge >= 0.3 is 0 Å². The predicted octanol–water partition coefficient (Wildman–Crippen LogP) is 13.0. The van der Waals surface area contributed by atoms with Crippen LogP contribution in [0.3, 0.4) is 0 Å². The van der Waals surface area contributed by atoms with E-state index < -0.39 is 83.7 Å². The van der Waals surface area contributed by atoms with Crippen molar-refractivity contribution in [3.05, 3.63) is 181 Å². The molecule has 0 atom stereocenters. The van der Waals surface area contributed by atoms with Crippen molar-refractivity contribution in [1.82, 2.24) is 9.97 Å². The zero-order valence-electron chi connectivity index (χ0n) is 40.4. The van der Waals surface area contributed by atoms with Gasteiger partial charge in [-0.15, -0.1) is 0 Å². The van der Waals surface area contributed by atoms with E-state index in [9.17, 15) is 4.11 Å². The molecule has 0 saturated carbocycles. The molecule has 10 rings (SSSR count). The molecule has 0 bridgehead atoms. The van der Waals surface area contributed by atoms with Crippen molar-refractivity contribution in [3.63, 3.8) is 0 Å². The molecule has 246 valence electrons. The van der Waals surface area contributed by atoms with Crippen LogP contribution in [0.25, 0.3) is 89.2 Å². The average Bonchev–Trinajstić information content (AvgIpc) is 3.85. The van der Waals surface area contributed by atoms with Gasteiger partial charge in [-0.1, -0.05) is 135 Å². The lowest BCUT2D eigenvalue weighted by Crippen LogP contribution is -2.14. The molecule has 0 spiro atoms. The second-order valence-corrected chi connectivity index (χ2v) is 12.8. The van der Waals surface area contributed by atoms with Crippen LogP contribution in [0.2, 0.25) is 0 Å². The van der Waals surface area contributed by atoms with Crippen molar-refractivity contribution < 1.29 is 22.2 Å². The summed E-state index contributed by atoms with van der Waals surface area (Å²) >= 11 is 0. The highest BCUT2D eigenvalue weighted by Crippen LogP contribution is 2.49. The number of benzene rings is 7. The Labute approximate surface area is 321 Å². The Balaban J connectivity index is 1.27. The maximum atomic E-state index is 9.81. The van der Waals surface area contributed by atoms with Crippen molar-refractivity contribution >= 4 is 21.9 Å². The molecular weight excluding hydrogens is 633 g/mol. The standard InChI is InChI=1S/C49H34N2O/c1-49(2)42-19-11-9-17-38(42)39-23-21-34(29-43(39)49)44-30-45(51-48(50-44)32-15-7-4-8-16-32)37-26-35(31-13-5-3-6-14-31)25-36(27-37)33-22-24-47-41(28-33)40-18-10-12-20-46(40)52-47/h3-30H,1-2H3/i1D3,2D3,9D,11D,17D,19D,21D,23D,29D. The third-order valence-corrected chi connectivity index (χ3v) is 9.56. The lowest BCUT2D eigenvalue weighted by atomic mass is 9.82. The first-order valence-corrected chi connectivity index (χ1v) is 16.7. The zero-order valence-corrected chi connectivity index (χ0v) is 27.4. The minimum atomic E-state index is -3.55. The Morgan fingerprint density at radius 3 is 1.96 bits per heavy atom. The summed E-state index contributed by atoms with van der Waals surface area (Å²) in [4.78, 5) is 9.85. The predicted molar refractivity (Wildman–Crippen MR) is 214 cm³/mol. The third-order valence-electron chi connectivity index (χ3n) is 9.56. The van der Waals surface area contributed by atoms with E-state index in [0.717, 1.165) is 44.2 Å². The molecule has 1 aliphatic carbocycles. The summed E-state index contributed by atoms with van der Waals surface area (Å²) in [5.41, 5.74) is 0.212. The van der Waals surface area contributed by atoms with Crippen LogP contribution in [0.15, 0.2) is 174 Å². The highest BCUT2D eigenvalue weighted by molar-refractivity contribution is 6.06. The third kappa shape index (κ3) is 4.97. The van der Waals surface area contributed by atoms with Gasteiger partial charge in [0.05, 0.1) is 21.0 Å². The van der Waals surface area contributed by atoms with Gasteiger partial charge in [-0.3, -0.25) is 0 Å². The topological polar surface area (TPSA) is 38.9 Å². The normalized spacial score (nSPS) is 17.0. The van der Waals surface area contributed by atoms with Gasteiger partial charge in [0.15, 0.2) is 5.82 Å². The molecule has 3 nitrogen and oxygen atoms in total. The quantitative estimate of drug-likeness (QED) is 0.182. The lowest BCUT2D eigenvalue weighted by Gasteiger charge is -2.22. The maximum Gasteiger partial charge on any atom is 0.160 e. The van der Waals surface area contributed by atoms with E-state index in [2.05, 4.69) is 12.1 Å². The first-order valence-electron chi connectivity index (χ1n) is 23.2. The second kappa shape index (κ2) is 11.8. The van der Waals surface area contributed by atoms with E-state index in [1.54, 1.807) is 24.3 Å². The molecule has 1 aliphatic rings. The molecule has 9 aromatic rings. The van der Waals surface area contributed by atoms with Crippen LogP contribution in [-0.4, -0.2) is 9.97 Å². The highest BCUT2D eigenvalue weighted by Gasteiger charge is 2.35. The summed E-state index contributed by atoms with van der Waals surface area (Å²) in [5.74, 6) is 0.155. The Morgan fingerprint density at radius 1 is 0.500 bits per heavy atom. The Morgan fingerprint density at radius 2 is 1.15 bits per heavy atom. The number of nitrogens with zero attached hydrogens (tertiary/aromatic N) is 2. The Kier molecular flexibility index (Phi) is 4.46. The molecular formula is C49H34N2O. The van der Waals surface area contributed by atoms with Crippen LogP contribution in [0.1, 0.15) is 42.7 Å². The number of rotatable bonds is 5. The number of hydrogen-bond donors (Lipinski definition) is 0. The molecule has 0 saturated heterocycles. The van der Waals surface area contributed by atoms with E-state index in [1.165, 1.54) is 6.07 Å². The molecule has 2 heterocycles.